The molecule has 1 aromatic carbocycles. The van der Waals surface area contributed by atoms with Crippen LogP contribution in [0, 0.1) is 6.92 Å². The minimum Gasteiger partial charge on any atom is -0.379 e. The van der Waals surface area contributed by atoms with Gasteiger partial charge in [-0.05, 0) is 24.6 Å². The highest BCUT2D eigenvalue weighted by atomic mass is 16.5. The first-order valence-corrected chi connectivity index (χ1v) is 10.5. The smallest absolute Gasteiger partial charge is 0.379 e. The third-order valence-corrected chi connectivity index (χ3v) is 6.25. The van der Waals surface area contributed by atoms with Crippen molar-refractivity contribution in [2.24, 2.45) is 4.99 Å². The zero-order valence-corrected chi connectivity index (χ0v) is 17.5. The second kappa shape index (κ2) is 7.48. The van der Waals surface area contributed by atoms with E-state index in [0.29, 0.717) is 38.7 Å². The van der Waals surface area contributed by atoms with Crippen molar-refractivity contribution >= 4 is 29.4 Å². The molecule has 4 heterocycles. The highest BCUT2D eigenvalue weighted by Gasteiger charge is 2.55. The maximum atomic E-state index is 13.4. The average Bonchev–Trinajstić information content (AvgIpc) is 3.32. The minimum absolute atomic E-state index is 0.175. The van der Waals surface area contributed by atoms with E-state index in [1.807, 2.05) is 10.6 Å². The number of amidine groups is 1. The summed E-state index contributed by atoms with van der Waals surface area (Å²) in [5.41, 5.74) is 2.23. The Balaban J connectivity index is 1.39. The number of imide groups is 1. The predicted octanol–water partition coefficient (Wildman–Crippen LogP) is 0.190. The Morgan fingerprint density at radius 1 is 1.17 bits per heavy atom. The van der Waals surface area contributed by atoms with E-state index in [-0.39, 0.29) is 11.9 Å². The number of morpholine rings is 1. The molecule has 0 aliphatic carbocycles. The van der Waals surface area contributed by atoms with Crippen LogP contribution in [0.25, 0.3) is 0 Å². The number of fused-ring (bicyclic) bond motifs is 2. The summed E-state index contributed by atoms with van der Waals surface area (Å²) in [6.07, 6.45) is 0. The molecule has 0 aromatic heterocycles. The van der Waals surface area contributed by atoms with Crippen molar-refractivity contribution in [2.45, 2.75) is 13.0 Å². The van der Waals surface area contributed by atoms with E-state index in [1.165, 1.54) is 15.4 Å². The molecule has 0 radical (unpaired) electrons. The lowest BCUT2D eigenvalue weighted by Gasteiger charge is -2.35. The van der Waals surface area contributed by atoms with E-state index in [4.69, 9.17) is 9.73 Å². The molecule has 4 aliphatic rings. The lowest BCUT2D eigenvalue weighted by Crippen LogP contribution is -2.63. The average molecular weight is 411 g/mol. The van der Waals surface area contributed by atoms with Crippen molar-refractivity contribution in [1.82, 2.24) is 14.7 Å². The molecule has 0 saturated carbocycles. The standard InChI is InChI=1S/C21H27N6O3/c1-15-4-3-5-16(14-15)25-8-9-26-17-18(22-20(25)26)23(2)21(29)27(19(17)28)7-6-24-10-12-30-13-11-24/h3-5,14,17H,6-13H2,1-2H3/q+1. The molecule has 30 heavy (non-hydrogen) atoms. The summed E-state index contributed by atoms with van der Waals surface area (Å²) in [5, 5.41) is 0. The number of likely N-dealkylation sites (N-methyl/N-ethyl adjacent to an activating group) is 1. The number of aryl methyl sites for hydroxylation is 1. The van der Waals surface area contributed by atoms with Gasteiger partial charge in [0.25, 0.3) is 5.91 Å². The van der Waals surface area contributed by atoms with Crippen molar-refractivity contribution < 1.29 is 18.9 Å². The van der Waals surface area contributed by atoms with Crippen LogP contribution in [0.5, 0.6) is 0 Å². The van der Waals surface area contributed by atoms with Crippen molar-refractivity contribution in [1.29, 1.82) is 0 Å². The van der Waals surface area contributed by atoms with Gasteiger partial charge in [-0.25, -0.2) is 14.3 Å². The molecule has 9 nitrogen and oxygen atoms in total. The van der Waals surface area contributed by atoms with Gasteiger partial charge in [0.15, 0.2) is 0 Å². The number of hydrogen-bond acceptors (Lipinski definition) is 6. The minimum atomic E-state index is -0.526. The first kappa shape index (κ1) is 19.2. The molecule has 5 rings (SSSR count). The SMILES string of the molecule is Cc1cccc(N2CC[N+]3=C2N=C2C3C(=O)N(CCN3CCOCC3)C(=O)N2C)c1. The van der Waals surface area contributed by atoms with E-state index in [2.05, 4.69) is 34.9 Å². The van der Waals surface area contributed by atoms with Gasteiger partial charge in [0, 0.05) is 33.2 Å². The molecule has 9 heteroatoms. The van der Waals surface area contributed by atoms with Crippen LogP contribution in [0.15, 0.2) is 29.3 Å². The summed E-state index contributed by atoms with van der Waals surface area (Å²) in [6, 6.07) is 7.43. The van der Waals surface area contributed by atoms with E-state index >= 15 is 0 Å². The zero-order chi connectivity index (χ0) is 20.8. The fourth-order valence-electron chi connectivity index (χ4n) is 4.57. The van der Waals surface area contributed by atoms with Crippen LogP contribution < -0.4 is 4.90 Å². The van der Waals surface area contributed by atoms with Crippen LogP contribution in [0.3, 0.4) is 0 Å². The lowest BCUT2D eigenvalue weighted by molar-refractivity contribution is -0.525. The number of hydrogen-bond donors (Lipinski definition) is 0. The monoisotopic (exact) mass is 411 g/mol. The Bertz CT molecular complexity index is 952. The number of nitrogens with zero attached hydrogens (tertiary/aromatic N) is 6. The molecule has 1 unspecified atom stereocenters. The van der Waals surface area contributed by atoms with E-state index in [0.717, 1.165) is 31.3 Å². The van der Waals surface area contributed by atoms with Crippen LogP contribution in [0.4, 0.5) is 10.5 Å². The van der Waals surface area contributed by atoms with Crippen molar-refractivity contribution in [3.63, 3.8) is 0 Å². The molecule has 3 amide bonds. The highest BCUT2D eigenvalue weighted by molar-refractivity contribution is 6.24. The molecule has 0 bridgehead atoms. The fraction of sp³-hybridized carbons (Fsp3) is 0.524. The topological polar surface area (TPSA) is 71.7 Å². The number of rotatable bonds is 4. The molecule has 2 fully saturated rings. The van der Waals surface area contributed by atoms with Crippen molar-refractivity contribution in [2.75, 3.05) is 64.4 Å². The number of amides is 3. The number of carbonyl (C=O) groups is 2. The number of guanidine groups is 1. The summed E-state index contributed by atoms with van der Waals surface area (Å²) in [5.74, 6) is 1.11. The van der Waals surface area contributed by atoms with Crippen LogP contribution >= 0.6 is 0 Å². The number of urea groups is 1. The molecule has 4 aliphatic heterocycles. The van der Waals surface area contributed by atoms with Gasteiger partial charge in [0.2, 0.25) is 11.9 Å². The van der Waals surface area contributed by atoms with Gasteiger partial charge in [-0.3, -0.25) is 19.5 Å². The van der Waals surface area contributed by atoms with Crippen LogP contribution in [0.2, 0.25) is 0 Å². The van der Waals surface area contributed by atoms with E-state index in [1.54, 1.807) is 7.05 Å². The fourth-order valence-corrected chi connectivity index (χ4v) is 4.57. The molecular formula is C21H27N6O3+. The predicted molar refractivity (Wildman–Crippen MR) is 112 cm³/mol. The van der Waals surface area contributed by atoms with Gasteiger partial charge in [0.05, 0.1) is 19.8 Å². The molecule has 0 N–H and O–H groups in total. The van der Waals surface area contributed by atoms with Crippen LogP contribution in [0.1, 0.15) is 5.56 Å². The molecule has 1 aromatic rings. The molecule has 158 valence electrons. The maximum absolute atomic E-state index is 13.4. The summed E-state index contributed by atoms with van der Waals surface area (Å²) in [7, 11) is 1.71. The molecule has 0 spiro atoms. The number of ether oxygens (including phenoxy) is 1. The van der Waals surface area contributed by atoms with Crippen molar-refractivity contribution in [3.05, 3.63) is 29.8 Å². The zero-order valence-electron chi connectivity index (χ0n) is 17.5. The second-order valence-corrected chi connectivity index (χ2v) is 8.14. The summed E-state index contributed by atoms with van der Waals surface area (Å²) in [4.78, 5) is 38.3. The number of benzene rings is 1. The third-order valence-electron chi connectivity index (χ3n) is 6.25. The van der Waals surface area contributed by atoms with Gasteiger partial charge in [-0.1, -0.05) is 17.1 Å². The second-order valence-electron chi connectivity index (χ2n) is 8.14. The first-order valence-electron chi connectivity index (χ1n) is 10.5. The molecule has 1 atom stereocenters. The Morgan fingerprint density at radius 2 is 1.97 bits per heavy atom. The summed E-state index contributed by atoms with van der Waals surface area (Å²) in [6.45, 7) is 7.64. The van der Waals surface area contributed by atoms with Gasteiger partial charge in [0.1, 0.15) is 12.2 Å². The number of anilines is 1. The Hall–Kier alpha value is -2.78. The van der Waals surface area contributed by atoms with Crippen LogP contribution in [-0.4, -0.2) is 109 Å². The normalized spacial score (nSPS) is 24.5. The maximum Gasteiger partial charge on any atom is 0.397 e. The van der Waals surface area contributed by atoms with Crippen molar-refractivity contribution in [3.8, 4) is 0 Å². The summed E-state index contributed by atoms with van der Waals surface area (Å²) >= 11 is 0. The first-order chi connectivity index (χ1) is 14.5. The summed E-state index contributed by atoms with van der Waals surface area (Å²) < 4.78 is 7.41. The largest absolute Gasteiger partial charge is 0.397 e. The highest BCUT2D eigenvalue weighted by Crippen LogP contribution is 2.27. The Labute approximate surface area is 175 Å². The van der Waals surface area contributed by atoms with E-state index < -0.39 is 6.04 Å². The van der Waals surface area contributed by atoms with E-state index in [9.17, 15) is 9.59 Å². The third kappa shape index (κ3) is 3.09. The van der Waals surface area contributed by atoms with Crippen LogP contribution in [-0.2, 0) is 9.53 Å². The quantitative estimate of drug-likeness (QED) is 0.662. The number of aliphatic imine (C=N–C) groups is 1. The number of carbonyl (C=O) groups excluding carboxylic acids is 2. The molecule has 2 saturated heterocycles. The van der Waals surface area contributed by atoms with Gasteiger partial charge in [-0.15, -0.1) is 0 Å². The molecular weight excluding hydrogens is 384 g/mol. The lowest BCUT2D eigenvalue weighted by atomic mass is 10.1. The Morgan fingerprint density at radius 3 is 2.73 bits per heavy atom. The van der Waals surface area contributed by atoms with Gasteiger partial charge < -0.3 is 4.74 Å². The van der Waals surface area contributed by atoms with Gasteiger partial charge >= 0.3 is 12.0 Å². The Kier molecular flexibility index (Phi) is 4.79. The van der Waals surface area contributed by atoms with Gasteiger partial charge in [-0.2, -0.15) is 0 Å².